The van der Waals surface area contributed by atoms with E-state index in [4.69, 9.17) is 16.3 Å². The summed E-state index contributed by atoms with van der Waals surface area (Å²) in [5.41, 5.74) is 6.16. The number of nitrogens with zero attached hydrogens (tertiary/aromatic N) is 8. The van der Waals surface area contributed by atoms with E-state index in [9.17, 15) is 14.7 Å². The molecule has 7 rings (SSSR count). The zero-order valence-electron chi connectivity index (χ0n) is 27.6. The minimum Gasteiger partial charge on any atom is -0.479 e. The fraction of sp³-hybridized carbons (Fsp3) is 0.306. The fourth-order valence-corrected chi connectivity index (χ4v) is 6.94. The van der Waals surface area contributed by atoms with Crippen LogP contribution < -0.4 is 4.90 Å². The molecule has 12 nitrogen and oxygen atoms in total. The van der Waals surface area contributed by atoms with E-state index < -0.39 is 6.01 Å². The molecule has 49 heavy (non-hydrogen) atoms. The minimum absolute atomic E-state index is 0.0307. The van der Waals surface area contributed by atoms with Crippen molar-refractivity contribution in [1.82, 2.24) is 34.1 Å². The number of ether oxygens (including phenoxy) is 1. The maximum atomic E-state index is 14.7. The summed E-state index contributed by atoms with van der Waals surface area (Å²) in [6.07, 6.45) is 6.80. The van der Waals surface area contributed by atoms with Crippen molar-refractivity contribution in [3.8, 4) is 17.3 Å². The molecule has 3 aromatic heterocycles. The van der Waals surface area contributed by atoms with Crippen LogP contribution in [0.1, 0.15) is 37.5 Å². The molecule has 0 unspecified atom stereocenters. The van der Waals surface area contributed by atoms with Crippen LogP contribution in [0, 0.1) is 6.92 Å². The predicted octanol–water partition coefficient (Wildman–Crippen LogP) is 4.76. The van der Waals surface area contributed by atoms with Crippen LogP contribution in [0.3, 0.4) is 0 Å². The first kappa shape index (κ1) is 32.5. The van der Waals surface area contributed by atoms with E-state index in [2.05, 4.69) is 38.2 Å². The molecule has 5 aromatic rings. The molecule has 13 heteroatoms. The van der Waals surface area contributed by atoms with Crippen molar-refractivity contribution in [2.45, 2.75) is 25.9 Å². The molecule has 0 bridgehead atoms. The van der Waals surface area contributed by atoms with Gasteiger partial charge >= 0.3 is 6.01 Å². The Morgan fingerprint density at radius 3 is 2.43 bits per heavy atom. The lowest BCUT2D eigenvalue weighted by molar-refractivity contribution is 0.0193. The number of halogens is 1. The molecule has 0 radical (unpaired) electrons. The maximum absolute atomic E-state index is 14.7. The zero-order chi connectivity index (χ0) is 34.2. The summed E-state index contributed by atoms with van der Waals surface area (Å²) >= 11 is 6.60. The monoisotopic (exact) mass is 680 g/mol. The summed E-state index contributed by atoms with van der Waals surface area (Å²) in [6.45, 7) is 6.14. The number of morpholine rings is 1. The van der Waals surface area contributed by atoms with E-state index >= 15 is 0 Å². The van der Waals surface area contributed by atoms with E-state index in [1.165, 1.54) is 22.9 Å². The molecule has 5 heterocycles. The van der Waals surface area contributed by atoms with Gasteiger partial charge in [0.05, 0.1) is 48.7 Å². The molecule has 0 spiro atoms. The Kier molecular flexibility index (Phi) is 8.93. The first-order valence-electron chi connectivity index (χ1n) is 16.2. The van der Waals surface area contributed by atoms with E-state index in [1.54, 1.807) is 48.4 Å². The number of rotatable bonds is 7. The first-order chi connectivity index (χ1) is 23.7. The highest BCUT2D eigenvalue weighted by Gasteiger charge is 2.34. The van der Waals surface area contributed by atoms with Gasteiger partial charge in [-0.05, 0) is 48.7 Å². The number of carbonyl (C=O) groups is 2. The van der Waals surface area contributed by atoms with Gasteiger partial charge in [-0.2, -0.15) is 5.10 Å². The van der Waals surface area contributed by atoms with E-state index in [1.807, 2.05) is 29.5 Å². The Balaban J connectivity index is 1.27. The second-order valence-corrected chi connectivity index (χ2v) is 12.9. The average Bonchev–Trinajstić information content (AvgIpc) is 3.67. The van der Waals surface area contributed by atoms with Crippen molar-refractivity contribution in [3.05, 3.63) is 106 Å². The maximum Gasteiger partial charge on any atom is 0.313 e. The Morgan fingerprint density at radius 1 is 0.980 bits per heavy atom. The van der Waals surface area contributed by atoms with E-state index in [-0.39, 0.29) is 17.9 Å². The molecule has 252 valence electrons. The van der Waals surface area contributed by atoms with Crippen molar-refractivity contribution in [1.29, 1.82) is 0 Å². The summed E-state index contributed by atoms with van der Waals surface area (Å²) in [5, 5.41) is 14.4. The molecule has 1 saturated heterocycles. The van der Waals surface area contributed by atoms with Crippen LogP contribution in [0.25, 0.3) is 11.3 Å². The van der Waals surface area contributed by atoms with Crippen molar-refractivity contribution in [2.75, 3.05) is 37.7 Å². The number of amides is 2. The van der Waals surface area contributed by atoms with Gasteiger partial charge in [0.15, 0.2) is 0 Å². The van der Waals surface area contributed by atoms with Gasteiger partial charge in [-0.25, -0.2) is 9.97 Å². The number of aryl methyl sites for hydroxylation is 1. The molecular formula is C36H37ClN8O4. The summed E-state index contributed by atoms with van der Waals surface area (Å²) in [5.74, 6) is -0.445. The zero-order valence-corrected chi connectivity index (χ0v) is 28.3. The first-order valence-corrected chi connectivity index (χ1v) is 16.5. The van der Waals surface area contributed by atoms with Crippen molar-refractivity contribution >= 4 is 34.8 Å². The molecule has 2 aliphatic rings. The molecular weight excluding hydrogens is 644 g/mol. The summed E-state index contributed by atoms with van der Waals surface area (Å²) in [4.78, 5) is 42.7. The SMILES string of the molecule is Cc1c(C(=O)N(c2cnc(O)nc2)c2cnn(C)c2)cc(-c2cc(Cl)ccc2C(=O)N2Cc3ccccc3C[C@H]2CN2CCOCC2)n1C. The highest BCUT2D eigenvalue weighted by Crippen LogP contribution is 2.35. The molecule has 1 N–H and O–H groups in total. The highest BCUT2D eigenvalue weighted by molar-refractivity contribution is 6.31. The largest absolute Gasteiger partial charge is 0.479 e. The number of aromatic hydroxyl groups is 1. The number of hydrogen-bond acceptors (Lipinski definition) is 8. The number of anilines is 2. The Bertz CT molecular complexity index is 2020. The molecule has 0 aliphatic carbocycles. The van der Waals surface area contributed by atoms with Crippen molar-refractivity contribution < 1.29 is 19.4 Å². The molecule has 0 saturated carbocycles. The molecule has 2 amide bonds. The van der Waals surface area contributed by atoms with E-state index in [0.29, 0.717) is 64.2 Å². The van der Waals surface area contributed by atoms with Crippen LogP contribution >= 0.6 is 11.6 Å². The fourth-order valence-electron chi connectivity index (χ4n) is 6.77. The second kappa shape index (κ2) is 13.5. The Hall–Kier alpha value is -5.04. The topological polar surface area (TPSA) is 122 Å². The van der Waals surface area contributed by atoms with Crippen molar-refractivity contribution in [3.63, 3.8) is 0 Å². The summed E-state index contributed by atoms with van der Waals surface area (Å²) in [7, 11) is 3.63. The molecule has 2 aliphatic heterocycles. The molecule has 2 aromatic carbocycles. The van der Waals surface area contributed by atoms with E-state index in [0.717, 1.165) is 31.6 Å². The van der Waals surface area contributed by atoms with Crippen LogP contribution in [-0.4, -0.2) is 89.9 Å². The van der Waals surface area contributed by atoms with Crippen LogP contribution in [0.5, 0.6) is 6.01 Å². The predicted molar refractivity (Wildman–Crippen MR) is 185 cm³/mol. The number of fused-ring (bicyclic) bond motifs is 1. The van der Waals surface area contributed by atoms with Gasteiger partial charge < -0.3 is 19.3 Å². The van der Waals surface area contributed by atoms with Gasteiger partial charge in [0.2, 0.25) is 0 Å². The molecule has 1 fully saturated rings. The van der Waals surface area contributed by atoms with Crippen LogP contribution in [0.4, 0.5) is 11.4 Å². The second-order valence-electron chi connectivity index (χ2n) is 12.5. The van der Waals surface area contributed by atoms with Gasteiger partial charge in [-0.3, -0.25) is 24.1 Å². The normalized spacial score (nSPS) is 16.4. The number of hydrogen-bond donors (Lipinski definition) is 1. The Labute approximate surface area is 289 Å². The summed E-state index contributed by atoms with van der Waals surface area (Å²) in [6, 6.07) is 15.0. The highest BCUT2D eigenvalue weighted by atomic mass is 35.5. The van der Waals surface area contributed by atoms with Gasteiger partial charge in [0.25, 0.3) is 11.8 Å². The van der Waals surface area contributed by atoms with Gasteiger partial charge in [0.1, 0.15) is 0 Å². The lowest BCUT2D eigenvalue weighted by Crippen LogP contribution is -2.52. The van der Waals surface area contributed by atoms with Crippen LogP contribution in [-0.2, 0) is 31.8 Å². The van der Waals surface area contributed by atoms with Crippen LogP contribution in [0.2, 0.25) is 5.02 Å². The number of carbonyl (C=O) groups excluding carboxylic acids is 2. The van der Waals surface area contributed by atoms with Gasteiger partial charge in [-0.15, -0.1) is 0 Å². The number of benzene rings is 2. The lowest BCUT2D eigenvalue weighted by atomic mass is 9.92. The van der Waals surface area contributed by atoms with Gasteiger partial charge in [-0.1, -0.05) is 35.9 Å². The standard InChI is InChI=1S/C36H37ClN8O4/c1-23-31(35(47)45(29-19-40-41(2)21-29)28-17-38-36(48)39-18-28)16-33(42(23)3)32-15-26(37)8-9-30(32)34(46)44-20-25-7-5-4-6-24(25)14-27(44)22-43-10-12-49-13-11-43/h4-9,15-19,21,27H,10-14,20,22H2,1-3H3,(H,38,39,48)/t27-/m0/s1. The quantitative estimate of drug-likeness (QED) is 0.261. The van der Waals surface area contributed by atoms with Crippen LogP contribution in [0.15, 0.2) is 73.3 Å². The third-order valence-electron chi connectivity index (χ3n) is 9.48. The third-order valence-corrected chi connectivity index (χ3v) is 9.71. The lowest BCUT2D eigenvalue weighted by Gasteiger charge is -2.40. The van der Waals surface area contributed by atoms with Crippen molar-refractivity contribution in [2.24, 2.45) is 14.1 Å². The minimum atomic E-state index is -0.400. The smallest absolute Gasteiger partial charge is 0.313 e. The summed E-state index contributed by atoms with van der Waals surface area (Å²) < 4.78 is 9.09. The average molecular weight is 681 g/mol. The number of aromatic nitrogens is 5. The third kappa shape index (κ3) is 6.42. The Morgan fingerprint density at radius 2 is 1.71 bits per heavy atom. The molecule has 1 atom stereocenters. The van der Waals surface area contributed by atoms with Gasteiger partial charge in [0, 0.05) is 80.1 Å².